The minimum absolute atomic E-state index is 0.0131. The lowest BCUT2D eigenvalue weighted by Gasteiger charge is -2.24. The fraction of sp³-hybridized carbons (Fsp3) is 0.444. The zero-order valence-corrected chi connectivity index (χ0v) is 13.3. The number of esters is 1. The molecule has 1 aromatic carbocycles. The van der Waals surface area contributed by atoms with Gasteiger partial charge in [0.05, 0.1) is 5.41 Å². The number of allylic oxidation sites excluding steroid dienone is 1. The number of rotatable bonds is 3. The van der Waals surface area contributed by atoms with Crippen LogP contribution in [0.3, 0.4) is 0 Å². The van der Waals surface area contributed by atoms with Gasteiger partial charge in [0.15, 0.2) is 0 Å². The van der Waals surface area contributed by atoms with Gasteiger partial charge in [-0.05, 0) is 44.7 Å². The minimum atomic E-state index is -0.506. The third-order valence-corrected chi connectivity index (χ3v) is 4.88. The maximum Gasteiger partial charge on any atom is 0.329 e. The van der Waals surface area contributed by atoms with Crippen LogP contribution in [-0.2, 0) is 20.9 Å². The van der Waals surface area contributed by atoms with Crippen molar-refractivity contribution in [2.24, 2.45) is 5.41 Å². The van der Waals surface area contributed by atoms with Gasteiger partial charge in [0, 0.05) is 5.70 Å². The number of fused-ring (bicyclic) bond motifs is 1. The van der Waals surface area contributed by atoms with Gasteiger partial charge in [-0.15, -0.1) is 0 Å². The van der Waals surface area contributed by atoms with Crippen LogP contribution < -0.4 is 0 Å². The van der Waals surface area contributed by atoms with E-state index >= 15 is 0 Å². The molecule has 116 valence electrons. The molecule has 1 amide bonds. The van der Waals surface area contributed by atoms with Gasteiger partial charge in [-0.25, -0.2) is 4.79 Å². The second kappa shape index (κ2) is 5.27. The summed E-state index contributed by atoms with van der Waals surface area (Å²) >= 11 is 0. The molecule has 1 aromatic rings. The molecule has 1 fully saturated rings. The van der Waals surface area contributed by atoms with Crippen LogP contribution in [0, 0.1) is 5.41 Å². The van der Waals surface area contributed by atoms with Crippen molar-refractivity contribution in [2.45, 2.75) is 46.3 Å². The molecular weight excluding hydrogens is 278 g/mol. The molecule has 0 N–H and O–H groups in total. The van der Waals surface area contributed by atoms with Crippen LogP contribution in [0.15, 0.2) is 41.6 Å². The Morgan fingerprint density at radius 1 is 1.32 bits per heavy atom. The van der Waals surface area contributed by atoms with Gasteiger partial charge >= 0.3 is 5.97 Å². The van der Waals surface area contributed by atoms with E-state index in [9.17, 15) is 9.59 Å². The first-order valence-electron chi connectivity index (χ1n) is 7.67. The Hall–Kier alpha value is -2.10. The molecule has 0 spiro atoms. The van der Waals surface area contributed by atoms with E-state index < -0.39 is 11.5 Å². The standard InChI is InChI=1S/C18H21NO3/c1-12-14-9-10-15(19(14)17(21)18(12,2)3)16(20)22-11-13-7-5-4-6-8-13/h4-8,15H,9-11H2,1-3H3/t15-/m0/s1. The molecule has 0 bridgehead atoms. The van der Waals surface area contributed by atoms with E-state index in [0.717, 1.165) is 23.3 Å². The van der Waals surface area contributed by atoms with E-state index in [4.69, 9.17) is 4.74 Å². The van der Waals surface area contributed by atoms with E-state index in [1.807, 2.05) is 51.1 Å². The number of benzene rings is 1. The molecule has 4 nitrogen and oxygen atoms in total. The molecule has 3 rings (SSSR count). The fourth-order valence-corrected chi connectivity index (χ4v) is 3.21. The zero-order valence-electron chi connectivity index (χ0n) is 13.3. The van der Waals surface area contributed by atoms with Crippen molar-refractivity contribution in [1.82, 2.24) is 4.90 Å². The lowest BCUT2D eigenvalue weighted by atomic mass is 9.85. The first-order chi connectivity index (χ1) is 10.4. The SMILES string of the molecule is CC1=C2CC[C@@H](C(=O)OCc3ccccc3)N2C(=O)C1(C)C. The summed E-state index contributed by atoms with van der Waals surface area (Å²) in [6.45, 7) is 6.08. The van der Waals surface area contributed by atoms with E-state index in [1.165, 1.54) is 0 Å². The fourth-order valence-electron chi connectivity index (χ4n) is 3.21. The summed E-state index contributed by atoms with van der Waals surface area (Å²) in [5.74, 6) is -0.295. The van der Waals surface area contributed by atoms with Crippen molar-refractivity contribution in [3.63, 3.8) is 0 Å². The summed E-state index contributed by atoms with van der Waals surface area (Å²) in [5.41, 5.74) is 2.54. The van der Waals surface area contributed by atoms with Crippen LogP contribution in [0.25, 0.3) is 0 Å². The first-order valence-corrected chi connectivity index (χ1v) is 7.67. The Morgan fingerprint density at radius 3 is 2.68 bits per heavy atom. The molecule has 2 aliphatic heterocycles. The topological polar surface area (TPSA) is 46.6 Å². The van der Waals surface area contributed by atoms with Crippen LogP contribution >= 0.6 is 0 Å². The molecule has 0 radical (unpaired) electrons. The van der Waals surface area contributed by atoms with E-state index in [1.54, 1.807) is 4.90 Å². The van der Waals surface area contributed by atoms with Crippen molar-refractivity contribution < 1.29 is 14.3 Å². The number of amides is 1. The van der Waals surface area contributed by atoms with Crippen LogP contribution in [-0.4, -0.2) is 22.8 Å². The number of carbonyl (C=O) groups excluding carboxylic acids is 2. The Bertz CT molecular complexity index is 646. The summed E-state index contributed by atoms with van der Waals surface area (Å²) in [7, 11) is 0. The van der Waals surface area contributed by atoms with Gasteiger partial charge in [-0.1, -0.05) is 30.3 Å². The Balaban J connectivity index is 1.72. The van der Waals surface area contributed by atoms with Crippen LogP contribution in [0.4, 0.5) is 0 Å². The van der Waals surface area contributed by atoms with Gasteiger partial charge in [0.2, 0.25) is 5.91 Å². The molecule has 22 heavy (non-hydrogen) atoms. The first kappa shape index (κ1) is 14.8. The van der Waals surface area contributed by atoms with Gasteiger partial charge in [-0.2, -0.15) is 0 Å². The molecule has 1 saturated heterocycles. The second-order valence-electron chi connectivity index (χ2n) is 6.52. The maximum atomic E-state index is 12.6. The van der Waals surface area contributed by atoms with Crippen molar-refractivity contribution in [3.05, 3.63) is 47.2 Å². The monoisotopic (exact) mass is 299 g/mol. The highest BCUT2D eigenvalue weighted by Crippen LogP contribution is 2.46. The molecule has 0 unspecified atom stereocenters. The van der Waals surface area contributed by atoms with E-state index in [0.29, 0.717) is 6.42 Å². The molecule has 0 saturated carbocycles. The zero-order chi connectivity index (χ0) is 15.9. The Kier molecular flexibility index (Phi) is 3.55. The van der Waals surface area contributed by atoms with Crippen molar-refractivity contribution in [3.8, 4) is 0 Å². The summed E-state index contributed by atoms with van der Waals surface area (Å²) in [6.07, 6.45) is 1.42. The maximum absolute atomic E-state index is 12.6. The van der Waals surface area contributed by atoms with Crippen LogP contribution in [0.1, 0.15) is 39.2 Å². The summed E-state index contributed by atoms with van der Waals surface area (Å²) in [5, 5.41) is 0. The smallest absolute Gasteiger partial charge is 0.329 e. The number of carbonyl (C=O) groups is 2. The average Bonchev–Trinajstić information content (AvgIpc) is 3.02. The highest BCUT2D eigenvalue weighted by Gasteiger charge is 2.51. The van der Waals surface area contributed by atoms with E-state index in [2.05, 4.69) is 0 Å². The lowest BCUT2D eigenvalue weighted by Crippen LogP contribution is -2.42. The predicted octanol–water partition coefficient (Wildman–Crippen LogP) is 3.03. The molecular formula is C18H21NO3. The van der Waals surface area contributed by atoms with Crippen LogP contribution in [0.2, 0.25) is 0 Å². The van der Waals surface area contributed by atoms with Gasteiger partial charge in [0.1, 0.15) is 12.6 Å². The number of nitrogens with zero attached hydrogens (tertiary/aromatic N) is 1. The molecule has 0 aliphatic carbocycles. The summed E-state index contributed by atoms with van der Waals surface area (Å²) < 4.78 is 5.42. The Morgan fingerprint density at radius 2 is 2.00 bits per heavy atom. The van der Waals surface area contributed by atoms with Crippen molar-refractivity contribution in [2.75, 3.05) is 0 Å². The van der Waals surface area contributed by atoms with Gasteiger partial charge in [0.25, 0.3) is 0 Å². The van der Waals surface area contributed by atoms with Crippen molar-refractivity contribution in [1.29, 1.82) is 0 Å². The predicted molar refractivity (Wildman–Crippen MR) is 82.6 cm³/mol. The van der Waals surface area contributed by atoms with Crippen LogP contribution in [0.5, 0.6) is 0 Å². The highest BCUT2D eigenvalue weighted by atomic mass is 16.5. The second-order valence-corrected chi connectivity index (χ2v) is 6.52. The number of hydrogen-bond acceptors (Lipinski definition) is 3. The summed E-state index contributed by atoms with van der Waals surface area (Å²) in [4.78, 5) is 26.6. The largest absolute Gasteiger partial charge is 0.459 e. The van der Waals surface area contributed by atoms with Gasteiger partial charge < -0.3 is 9.64 Å². The third kappa shape index (κ3) is 2.23. The highest BCUT2D eigenvalue weighted by molar-refractivity contribution is 5.95. The molecule has 2 aliphatic rings. The number of hydrogen-bond donors (Lipinski definition) is 0. The minimum Gasteiger partial charge on any atom is -0.459 e. The third-order valence-electron chi connectivity index (χ3n) is 4.88. The van der Waals surface area contributed by atoms with E-state index in [-0.39, 0.29) is 18.5 Å². The van der Waals surface area contributed by atoms with Crippen molar-refractivity contribution >= 4 is 11.9 Å². The quantitative estimate of drug-likeness (QED) is 0.806. The molecule has 0 aromatic heterocycles. The lowest BCUT2D eigenvalue weighted by molar-refractivity contribution is -0.154. The van der Waals surface area contributed by atoms with Gasteiger partial charge in [-0.3, -0.25) is 4.79 Å². The molecule has 4 heteroatoms. The normalized spacial score (nSPS) is 23.0. The summed E-state index contributed by atoms with van der Waals surface area (Å²) in [6, 6.07) is 9.11. The Labute approximate surface area is 130 Å². The molecule has 2 heterocycles. The molecule has 1 atom stereocenters. The number of ether oxygens (including phenoxy) is 1. The average molecular weight is 299 g/mol.